The van der Waals surface area contributed by atoms with E-state index in [1.807, 2.05) is 13.0 Å². The topological polar surface area (TPSA) is 105 Å². The number of ether oxygens (including phenoxy) is 3. The number of carbonyl (C=O) groups is 1. The molecule has 0 bridgehead atoms. The summed E-state index contributed by atoms with van der Waals surface area (Å²) in [7, 11) is 0. The van der Waals surface area contributed by atoms with Gasteiger partial charge in [-0.3, -0.25) is 0 Å². The quantitative estimate of drug-likeness (QED) is 0.0703. The Bertz CT molecular complexity index is 801. The molecule has 0 aromatic rings. The van der Waals surface area contributed by atoms with Crippen molar-refractivity contribution in [3.05, 3.63) is 11.6 Å². The maximum absolute atomic E-state index is 11.7. The molecule has 3 heterocycles. The molecule has 0 aliphatic carbocycles. The highest BCUT2D eigenvalue weighted by atomic mass is 16.6. The van der Waals surface area contributed by atoms with E-state index < -0.39 is 12.2 Å². The van der Waals surface area contributed by atoms with Gasteiger partial charge in [0, 0.05) is 12.0 Å². The van der Waals surface area contributed by atoms with Crippen LogP contribution in [0.1, 0.15) is 168 Å². The van der Waals surface area contributed by atoms with E-state index in [-0.39, 0.29) is 42.6 Å². The summed E-state index contributed by atoms with van der Waals surface area (Å²) >= 11 is 0. The smallest absolute Gasteiger partial charge is 0.334 e. The van der Waals surface area contributed by atoms with Gasteiger partial charge in [0.1, 0.15) is 6.10 Å². The third-order valence-corrected chi connectivity index (χ3v) is 10.0. The van der Waals surface area contributed by atoms with Crippen LogP contribution < -0.4 is 0 Å². The number of rotatable bonds is 25. The number of cyclic esters (lactones) is 1. The molecule has 3 rings (SSSR count). The normalized spacial score (nSPS) is 27.4. The fourth-order valence-corrected chi connectivity index (χ4v) is 7.28. The van der Waals surface area contributed by atoms with Crippen molar-refractivity contribution in [3.8, 4) is 0 Å². The second-order valence-corrected chi connectivity index (χ2v) is 14.0. The molecule has 44 heavy (non-hydrogen) atoms. The lowest BCUT2D eigenvalue weighted by Gasteiger charge is -2.24. The number of carbonyl (C=O) groups excluding carboxylic acids is 1. The summed E-state index contributed by atoms with van der Waals surface area (Å²) in [5, 5.41) is 31.6. The van der Waals surface area contributed by atoms with Crippen molar-refractivity contribution in [1.29, 1.82) is 0 Å². The van der Waals surface area contributed by atoms with Crippen LogP contribution in [0.4, 0.5) is 0 Å². The van der Waals surface area contributed by atoms with Crippen molar-refractivity contribution in [2.24, 2.45) is 0 Å². The molecule has 7 nitrogen and oxygen atoms in total. The molecule has 3 aliphatic rings. The molecule has 7 heteroatoms. The van der Waals surface area contributed by atoms with Crippen molar-refractivity contribution in [3.63, 3.8) is 0 Å². The molecule has 0 aromatic heterocycles. The van der Waals surface area contributed by atoms with Gasteiger partial charge in [0.2, 0.25) is 0 Å². The zero-order valence-corrected chi connectivity index (χ0v) is 28.1. The number of aliphatic hydroxyl groups excluding tert-OH is 3. The summed E-state index contributed by atoms with van der Waals surface area (Å²) in [6, 6.07) is 0. The number of hydrogen-bond acceptors (Lipinski definition) is 7. The lowest BCUT2D eigenvalue weighted by atomic mass is 10.00. The molecule has 0 amide bonds. The molecule has 0 unspecified atom stereocenters. The zero-order chi connectivity index (χ0) is 31.6. The summed E-state index contributed by atoms with van der Waals surface area (Å²) in [6.07, 6.45) is 26.1. The second kappa shape index (κ2) is 21.7. The highest BCUT2D eigenvalue weighted by Gasteiger charge is 2.40. The molecule has 3 aliphatic heterocycles. The third-order valence-electron chi connectivity index (χ3n) is 10.0. The fraction of sp³-hybridized carbons (Fsp3) is 0.919. The van der Waals surface area contributed by atoms with E-state index in [0.29, 0.717) is 12.0 Å². The Morgan fingerprint density at radius 2 is 1.09 bits per heavy atom. The van der Waals surface area contributed by atoms with Crippen molar-refractivity contribution in [2.45, 2.75) is 217 Å². The van der Waals surface area contributed by atoms with Crippen molar-refractivity contribution in [2.75, 3.05) is 0 Å². The SMILES string of the molecule is CCCCCCCCCC[C@@H](O)[C@H]1CC[C@@H]([C@@H]2CC[C@@H]([C@H](O)CCCCCCCCCC[C@@H](O)CC3=C[C@H](C)OC3=O)O2)O1. The highest BCUT2D eigenvalue weighted by Crippen LogP contribution is 2.34. The molecule has 2 fully saturated rings. The van der Waals surface area contributed by atoms with Crippen LogP contribution in [0.3, 0.4) is 0 Å². The minimum absolute atomic E-state index is 0.0519. The standard InChI is InChI=1S/C37H66O7/c1-3-4-5-6-7-11-14-17-20-31(39)33-22-24-35(43-33)36-25-23-34(44-36)32(40)21-18-15-12-9-8-10-13-16-19-30(38)27-29-26-28(2)42-37(29)41/h26,28,30-36,38-40H,3-25,27H2,1-2H3/t28-,30+,31+,32+,33+,34-,35-,36-/m0/s1. The summed E-state index contributed by atoms with van der Waals surface area (Å²) in [5.41, 5.74) is 0.617. The van der Waals surface area contributed by atoms with Gasteiger partial charge < -0.3 is 29.5 Å². The maximum Gasteiger partial charge on any atom is 0.334 e. The van der Waals surface area contributed by atoms with Gasteiger partial charge in [-0.1, -0.05) is 110 Å². The minimum Gasteiger partial charge on any atom is -0.455 e. The first-order chi connectivity index (χ1) is 21.4. The number of unbranched alkanes of at least 4 members (excludes halogenated alkanes) is 14. The van der Waals surface area contributed by atoms with Crippen LogP contribution in [0, 0.1) is 0 Å². The van der Waals surface area contributed by atoms with Crippen molar-refractivity contribution >= 4 is 5.97 Å². The van der Waals surface area contributed by atoms with Crippen LogP contribution in [0.25, 0.3) is 0 Å². The average Bonchev–Trinajstić information content (AvgIpc) is 3.75. The predicted octanol–water partition coefficient (Wildman–Crippen LogP) is 7.86. The largest absolute Gasteiger partial charge is 0.455 e. The number of aliphatic hydroxyl groups is 3. The summed E-state index contributed by atoms with van der Waals surface area (Å²) in [5.74, 6) is -0.281. The Labute approximate surface area is 268 Å². The van der Waals surface area contributed by atoms with E-state index in [4.69, 9.17) is 14.2 Å². The number of esters is 1. The van der Waals surface area contributed by atoms with Gasteiger partial charge in [0.25, 0.3) is 0 Å². The Morgan fingerprint density at radius 3 is 1.52 bits per heavy atom. The van der Waals surface area contributed by atoms with Gasteiger partial charge in [-0.2, -0.15) is 0 Å². The first-order valence-corrected chi connectivity index (χ1v) is 18.6. The van der Waals surface area contributed by atoms with Crippen molar-refractivity contribution < 1.29 is 34.3 Å². The van der Waals surface area contributed by atoms with Gasteiger partial charge in [-0.15, -0.1) is 0 Å². The Kier molecular flexibility index (Phi) is 18.5. The minimum atomic E-state index is -0.463. The lowest BCUT2D eigenvalue weighted by molar-refractivity contribution is -0.139. The van der Waals surface area contributed by atoms with E-state index in [9.17, 15) is 20.1 Å². The molecular weight excluding hydrogens is 556 g/mol. The maximum atomic E-state index is 11.7. The predicted molar refractivity (Wildman–Crippen MR) is 175 cm³/mol. The molecule has 0 radical (unpaired) electrons. The molecule has 0 aromatic carbocycles. The summed E-state index contributed by atoms with van der Waals surface area (Å²) in [4.78, 5) is 11.7. The van der Waals surface area contributed by atoms with E-state index >= 15 is 0 Å². The van der Waals surface area contributed by atoms with E-state index in [1.54, 1.807) is 0 Å². The van der Waals surface area contributed by atoms with Crippen molar-refractivity contribution in [1.82, 2.24) is 0 Å². The van der Waals surface area contributed by atoms with Crippen LogP contribution in [0.2, 0.25) is 0 Å². The van der Waals surface area contributed by atoms with Gasteiger partial charge >= 0.3 is 5.97 Å². The summed E-state index contributed by atoms with van der Waals surface area (Å²) < 4.78 is 17.7. The Balaban J connectivity index is 1.13. The van der Waals surface area contributed by atoms with Gasteiger partial charge in [0.15, 0.2) is 0 Å². The second-order valence-electron chi connectivity index (χ2n) is 14.0. The molecule has 0 spiro atoms. The van der Waals surface area contributed by atoms with Gasteiger partial charge in [-0.05, 0) is 57.9 Å². The van der Waals surface area contributed by atoms with Gasteiger partial charge in [-0.25, -0.2) is 4.79 Å². The first kappa shape index (κ1) is 37.5. The van der Waals surface area contributed by atoms with E-state index in [0.717, 1.165) is 77.0 Å². The molecule has 3 N–H and O–H groups in total. The molecule has 256 valence electrons. The van der Waals surface area contributed by atoms with E-state index in [1.165, 1.54) is 70.6 Å². The zero-order valence-electron chi connectivity index (χ0n) is 28.1. The Morgan fingerprint density at radius 1 is 0.659 bits per heavy atom. The van der Waals surface area contributed by atoms with E-state index in [2.05, 4.69) is 6.92 Å². The summed E-state index contributed by atoms with van der Waals surface area (Å²) in [6.45, 7) is 4.09. The lowest BCUT2D eigenvalue weighted by Crippen LogP contribution is -2.33. The monoisotopic (exact) mass is 622 g/mol. The van der Waals surface area contributed by atoms with Crippen LogP contribution in [-0.2, 0) is 19.0 Å². The Hall–Kier alpha value is -0.990. The van der Waals surface area contributed by atoms with Crippen LogP contribution >= 0.6 is 0 Å². The number of hydrogen-bond donors (Lipinski definition) is 3. The molecule has 8 atom stereocenters. The van der Waals surface area contributed by atoms with Gasteiger partial charge in [0.05, 0.1) is 42.7 Å². The first-order valence-electron chi connectivity index (χ1n) is 18.6. The van der Waals surface area contributed by atoms with Crippen LogP contribution in [-0.4, -0.2) is 70.1 Å². The van der Waals surface area contributed by atoms with Crippen LogP contribution in [0.15, 0.2) is 11.6 Å². The third kappa shape index (κ3) is 14.2. The highest BCUT2D eigenvalue weighted by molar-refractivity contribution is 5.90. The molecule has 0 saturated carbocycles. The van der Waals surface area contributed by atoms with Crippen LogP contribution in [0.5, 0.6) is 0 Å². The molecular formula is C37H66O7. The molecule has 2 saturated heterocycles. The average molecular weight is 623 g/mol. The fourth-order valence-electron chi connectivity index (χ4n) is 7.28.